The van der Waals surface area contributed by atoms with Crippen molar-refractivity contribution in [3.8, 4) is 0 Å². The van der Waals surface area contributed by atoms with E-state index < -0.39 is 0 Å². The number of likely N-dealkylation sites (tertiary alicyclic amines) is 1. The van der Waals surface area contributed by atoms with Crippen LogP contribution in [0.15, 0.2) is 0 Å². The highest BCUT2D eigenvalue weighted by Crippen LogP contribution is 2.46. The van der Waals surface area contributed by atoms with Gasteiger partial charge in [-0.1, -0.05) is 33.6 Å². The van der Waals surface area contributed by atoms with Crippen LogP contribution >= 0.6 is 0 Å². The molecule has 0 aromatic carbocycles. The zero-order chi connectivity index (χ0) is 16.3. The van der Waals surface area contributed by atoms with E-state index in [0.717, 1.165) is 32.0 Å². The molecule has 0 aromatic rings. The highest BCUT2D eigenvalue weighted by molar-refractivity contribution is 4.90. The Bertz CT molecular complexity index is 358. The molecule has 2 aliphatic heterocycles. The van der Waals surface area contributed by atoms with Gasteiger partial charge in [-0.25, -0.2) is 0 Å². The lowest BCUT2D eigenvalue weighted by Crippen LogP contribution is -2.55. The van der Waals surface area contributed by atoms with Crippen molar-refractivity contribution in [2.75, 3.05) is 26.3 Å². The Labute approximate surface area is 143 Å². The first kappa shape index (κ1) is 17.7. The lowest BCUT2D eigenvalue weighted by atomic mass is 9.67. The van der Waals surface area contributed by atoms with Gasteiger partial charge in [-0.05, 0) is 56.5 Å². The van der Waals surface area contributed by atoms with Gasteiger partial charge in [0.15, 0.2) is 5.79 Å². The predicted octanol–water partition coefficient (Wildman–Crippen LogP) is 4.60. The first-order valence-corrected chi connectivity index (χ1v) is 10.1. The van der Waals surface area contributed by atoms with Crippen LogP contribution in [0.1, 0.15) is 78.6 Å². The summed E-state index contributed by atoms with van der Waals surface area (Å²) in [7, 11) is 0. The lowest BCUT2D eigenvalue weighted by molar-refractivity contribution is -0.301. The molecule has 3 heteroatoms. The monoisotopic (exact) mass is 323 g/mol. The van der Waals surface area contributed by atoms with Crippen molar-refractivity contribution in [1.29, 1.82) is 0 Å². The number of hydrogen-bond acceptors (Lipinski definition) is 3. The molecule has 0 atom stereocenters. The Morgan fingerprint density at radius 1 is 1.00 bits per heavy atom. The summed E-state index contributed by atoms with van der Waals surface area (Å²) in [6, 6.07) is 0.496. The maximum absolute atomic E-state index is 6.33. The van der Waals surface area contributed by atoms with Gasteiger partial charge < -0.3 is 9.47 Å². The molecular weight excluding hydrogens is 286 g/mol. The van der Waals surface area contributed by atoms with Crippen molar-refractivity contribution in [3.63, 3.8) is 0 Å². The highest BCUT2D eigenvalue weighted by atomic mass is 16.7. The molecule has 1 aliphatic carbocycles. The lowest BCUT2D eigenvalue weighted by Gasteiger charge is -2.49. The quantitative estimate of drug-likeness (QED) is 0.754. The van der Waals surface area contributed by atoms with E-state index in [9.17, 15) is 0 Å². The number of nitrogens with zero attached hydrogens (tertiary/aromatic N) is 1. The van der Waals surface area contributed by atoms with E-state index in [-0.39, 0.29) is 5.79 Å². The van der Waals surface area contributed by atoms with Gasteiger partial charge in [-0.15, -0.1) is 0 Å². The molecular formula is C20H37NO2. The minimum atomic E-state index is -0.245. The first-order chi connectivity index (χ1) is 11.0. The molecule has 134 valence electrons. The Hall–Kier alpha value is -0.120. The Kier molecular flexibility index (Phi) is 5.70. The standard InChI is InChI=1S/C20H37NO2/c1-4-10-19(2,3)17-8-11-20(12-9-17)22-15-18(16-23-20)21-13-6-5-7-14-21/h17-18H,4-16H2,1-3H3. The van der Waals surface area contributed by atoms with Crippen LogP contribution in [0.3, 0.4) is 0 Å². The van der Waals surface area contributed by atoms with Crippen LogP contribution in [0.5, 0.6) is 0 Å². The fourth-order valence-corrected chi connectivity index (χ4v) is 5.06. The number of rotatable bonds is 4. The van der Waals surface area contributed by atoms with Crippen LogP contribution in [0.4, 0.5) is 0 Å². The molecule has 0 bridgehead atoms. The fourth-order valence-electron chi connectivity index (χ4n) is 5.06. The summed E-state index contributed by atoms with van der Waals surface area (Å²) in [6.07, 6.45) is 11.4. The van der Waals surface area contributed by atoms with Gasteiger partial charge in [-0.2, -0.15) is 0 Å². The second-order valence-corrected chi connectivity index (χ2v) is 8.80. The van der Waals surface area contributed by atoms with Crippen LogP contribution in [-0.4, -0.2) is 43.0 Å². The summed E-state index contributed by atoms with van der Waals surface area (Å²) < 4.78 is 12.7. The molecule has 1 spiro atoms. The SMILES string of the molecule is CCCC(C)(C)C1CCC2(CC1)OCC(N1CCCCC1)CO2. The molecule has 3 rings (SSSR count). The first-order valence-electron chi connectivity index (χ1n) is 10.1. The third-order valence-corrected chi connectivity index (χ3v) is 6.73. The predicted molar refractivity (Wildman–Crippen MR) is 94.5 cm³/mol. The molecule has 0 amide bonds. The van der Waals surface area contributed by atoms with Gasteiger partial charge in [0.05, 0.1) is 19.3 Å². The van der Waals surface area contributed by atoms with Crippen molar-refractivity contribution in [2.24, 2.45) is 11.3 Å². The van der Waals surface area contributed by atoms with Gasteiger partial charge in [0, 0.05) is 12.8 Å². The average molecular weight is 324 g/mol. The fraction of sp³-hybridized carbons (Fsp3) is 1.00. The summed E-state index contributed by atoms with van der Waals surface area (Å²) in [5.74, 6) is 0.588. The molecule has 0 N–H and O–H groups in total. The molecule has 3 aliphatic rings. The average Bonchev–Trinajstić information content (AvgIpc) is 2.57. The summed E-state index contributed by atoms with van der Waals surface area (Å²) in [5, 5.41) is 0. The number of hydrogen-bond donors (Lipinski definition) is 0. The van der Waals surface area contributed by atoms with E-state index in [2.05, 4.69) is 25.7 Å². The van der Waals surface area contributed by atoms with Crippen molar-refractivity contribution in [1.82, 2.24) is 4.90 Å². The number of piperidine rings is 1. The maximum atomic E-state index is 6.33. The summed E-state index contributed by atoms with van der Waals surface area (Å²) in [6.45, 7) is 11.4. The van der Waals surface area contributed by atoms with E-state index in [1.807, 2.05) is 0 Å². The van der Waals surface area contributed by atoms with Crippen LogP contribution in [-0.2, 0) is 9.47 Å². The van der Waals surface area contributed by atoms with E-state index in [4.69, 9.17) is 9.47 Å². The van der Waals surface area contributed by atoms with Gasteiger partial charge >= 0.3 is 0 Å². The van der Waals surface area contributed by atoms with Crippen LogP contribution in [0, 0.1) is 11.3 Å². The van der Waals surface area contributed by atoms with Crippen LogP contribution < -0.4 is 0 Å². The largest absolute Gasteiger partial charge is 0.348 e. The third kappa shape index (κ3) is 4.11. The normalized spacial score (nSPS) is 37.2. The second-order valence-electron chi connectivity index (χ2n) is 8.80. The Balaban J connectivity index is 1.48. The van der Waals surface area contributed by atoms with Crippen LogP contribution in [0.2, 0.25) is 0 Å². The third-order valence-electron chi connectivity index (χ3n) is 6.73. The minimum absolute atomic E-state index is 0.245. The molecule has 2 heterocycles. The zero-order valence-corrected chi connectivity index (χ0v) is 15.6. The summed E-state index contributed by atoms with van der Waals surface area (Å²) in [4.78, 5) is 2.59. The molecule has 3 nitrogen and oxygen atoms in total. The topological polar surface area (TPSA) is 21.7 Å². The summed E-state index contributed by atoms with van der Waals surface area (Å²) >= 11 is 0. The van der Waals surface area contributed by atoms with Gasteiger partial charge in [0.1, 0.15) is 0 Å². The molecule has 23 heavy (non-hydrogen) atoms. The van der Waals surface area contributed by atoms with E-state index >= 15 is 0 Å². The Morgan fingerprint density at radius 2 is 1.61 bits per heavy atom. The molecule has 0 radical (unpaired) electrons. The van der Waals surface area contributed by atoms with E-state index in [0.29, 0.717) is 11.5 Å². The smallest absolute Gasteiger partial charge is 0.168 e. The van der Waals surface area contributed by atoms with E-state index in [1.165, 1.54) is 58.0 Å². The van der Waals surface area contributed by atoms with Gasteiger partial charge in [0.2, 0.25) is 0 Å². The van der Waals surface area contributed by atoms with Crippen molar-refractivity contribution < 1.29 is 9.47 Å². The Morgan fingerprint density at radius 3 is 2.17 bits per heavy atom. The van der Waals surface area contributed by atoms with Crippen molar-refractivity contribution in [2.45, 2.75) is 90.4 Å². The maximum Gasteiger partial charge on any atom is 0.168 e. The van der Waals surface area contributed by atoms with Gasteiger partial charge in [0.25, 0.3) is 0 Å². The molecule has 1 saturated carbocycles. The van der Waals surface area contributed by atoms with Crippen LogP contribution in [0.25, 0.3) is 0 Å². The molecule has 3 fully saturated rings. The van der Waals surface area contributed by atoms with Crippen molar-refractivity contribution >= 4 is 0 Å². The van der Waals surface area contributed by atoms with Gasteiger partial charge in [-0.3, -0.25) is 4.90 Å². The minimum Gasteiger partial charge on any atom is -0.348 e. The van der Waals surface area contributed by atoms with Crippen molar-refractivity contribution in [3.05, 3.63) is 0 Å². The molecule has 0 aromatic heterocycles. The molecule has 2 saturated heterocycles. The number of ether oxygens (including phenoxy) is 2. The zero-order valence-electron chi connectivity index (χ0n) is 15.6. The second kappa shape index (κ2) is 7.41. The molecule has 0 unspecified atom stereocenters. The van der Waals surface area contributed by atoms with E-state index in [1.54, 1.807) is 0 Å². The summed E-state index contributed by atoms with van der Waals surface area (Å²) in [5.41, 5.74) is 0.474. The highest BCUT2D eigenvalue weighted by Gasteiger charge is 2.44.